The molecule has 5 aliphatic rings. The van der Waals surface area contributed by atoms with E-state index in [2.05, 4.69) is 36.0 Å². The zero-order valence-electron chi connectivity index (χ0n) is 21.6. The van der Waals surface area contributed by atoms with Gasteiger partial charge in [0.25, 0.3) is 0 Å². The summed E-state index contributed by atoms with van der Waals surface area (Å²) in [6.07, 6.45) is 19.0. The second-order valence-electron chi connectivity index (χ2n) is 13.1. The fraction of sp³-hybridized carbons (Fsp3) is 0.893. The average molecular weight is 473 g/mol. The Morgan fingerprint density at radius 1 is 1.03 bits per heavy atom. The molecule has 186 valence electrons. The zero-order valence-corrected chi connectivity index (χ0v) is 22.4. The summed E-state index contributed by atoms with van der Waals surface area (Å²) in [5.41, 5.74) is 8.95. The van der Waals surface area contributed by atoms with Gasteiger partial charge in [-0.1, -0.05) is 33.6 Å². The molecule has 5 heteroatoms. The Labute approximate surface area is 206 Å². The minimum absolute atomic E-state index is 0.473. The first-order valence-corrected chi connectivity index (χ1v) is 14.8. The van der Waals surface area contributed by atoms with E-state index in [1.807, 2.05) is 0 Å². The van der Waals surface area contributed by atoms with Gasteiger partial charge in [-0.2, -0.15) is 0 Å². The van der Waals surface area contributed by atoms with Gasteiger partial charge in [-0.05, 0) is 113 Å². The number of hydrogen-bond acceptors (Lipinski definition) is 5. The molecular weight excluding hydrogens is 424 g/mol. The summed E-state index contributed by atoms with van der Waals surface area (Å²) in [6, 6.07) is 0.692. The van der Waals surface area contributed by atoms with Crippen molar-refractivity contribution < 1.29 is 0 Å². The number of nitrogens with zero attached hydrogens (tertiary/aromatic N) is 2. The van der Waals surface area contributed by atoms with Crippen LogP contribution in [0.5, 0.6) is 0 Å². The highest BCUT2D eigenvalue weighted by Crippen LogP contribution is 2.66. The molecule has 4 bridgehead atoms. The number of aryl methyl sites for hydroxylation is 1. The topological polar surface area (TPSA) is 54.2 Å². The Balaban J connectivity index is 1.02. The lowest BCUT2D eigenvalue weighted by atomic mass is 9.43. The van der Waals surface area contributed by atoms with Crippen LogP contribution in [0.15, 0.2) is 0 Å². The number of nitrogen functional groups attached to an aromatic ring is 1. The van der Waals surface area contributed by atoms with Crippen molar-refractivity contribution in [1.82, 2.24) is 15.2 Å². The number of anilines is 1. The number of nitrogens with two attached hydrogens (primary N) is 1. The van der Waals surface area contributed by atoms with Crippen LogP contribution < -0.4 is 11.1 Å². The highest BCUT2D eigenvalue weighted by atomic mass is 32.1. The first-order valence-electron chi connectivity index (χ1n) is 14.0. The summed E-state index contributed by atoms with van der Waals surface area (Å²) >= 11 is 1.72. The third kappa shape index (κ3) is 5.30. The van der Waals surface area contributed by atoms with E-state index < -0.39 is 0 Å². The lowest BCUT2D eigenvalue weighted by Gasteiger charge is -2.65. The van der Waals surface area contributed by atoms with Gasteiger partial charge >= 0.3 is 0 Å². The van der Waals surface area contributed by atoms with Gasteiger partial charge < -0.3 is 16.0 Å². The van der Waals surface area contributed by atoms with E-state index in [0.29, 0.717) is 22.4 Å². The lowest BCUT2D eigenvalue weighted by Crippen LogP contribution is -2.64. The van der Waals surface area contributed by atoms with Gasteiger partial charge in [-0.25, -0.2) is 4.98 Å². The van der Waals surface area contributed by atoms with E-state index in [0.717, 1.165) is 23.9 Å². The molecule has 0 amide bonds. The monoisotopic (exact) mass is 472 g/mol. The molecule has 4 saturated carbocycles. The lowest BCUT2D eigenvalue weighted by molar-refractivity contribution is -0.117. The number of hydrogen-bond donors (Lipinski definition) is 2. The number of nitrogens with one attached hydrogen (secondary N) is 1. The van der Waals surface area contributed by atoms with Crippen LogP contribution in [0.2, 0.25) is 0 Å². The van der Waals surface area contributed by atoms with Crippen LogP contribution in [0, 0.1) is 16.7 Å². The van der Waals surface area contributed by atoms with Gasteiger partial charge in [-0.15, -0.1) is 11.3 Å². The maximum Gasteiger partial charge on any atom is 0.180 e. The van der Waals surface area contributed by atoms with Crippen molar-refractivity contribution in [3.05, 3.63) is 10.6 Å². The number of rotatable bonds is 11. The Bertz CT molecular complexity index is 801. The first kappa shape index (κ1) is 24.1. The molecule has 6 rings (SSSR count). The first-order chi connectivity index (χ1) is 15.8. The molecule has 1 aromatic heterocycles. The van der Waals surface area contributed by atoms with Gasteiger partial charge in [-0.3, -0.25) is 0 Å². The quantitative estimate of drug-likeness (QED) is 0.377. The van der Waals surface area contributed by atoms with E-state index in [-0.39, 0.29) is 0 Å². The van der Waals surface area contributed by atoms with Crippen LogP contribution in [0.4, 0.5) is 5.13 Å². The van der Waals surface area contributed by atoms with Crippen LogP contribution in [0.3, 0.4) is 0 Å². The molecule has 3 N–H and O–H groups in total. The van der Waals surface area contributed by atoms with E-state index in [1.54, 1.807) is 11.3 Å². The Hall–Kier alpha value is -0.650. The summed E-state index contributed by atoms with van der Waals surface area (Å²) in [5.74, 6) is 0.991. The van der Waals surface area contributed by atoms with Crippen molar-refractivity contribution >= 4 is 16.5 Å². The Morgan fingerprint density at radius 3 is 2.52 bits per heavy atom. The van der Waals surface area contributed by atoms with Crippen molar-refractivity contribution in [3.63, 3.8) is 0 Å². The second-order valence-corrected chi connectivity index (χ2v) is 14.2. The summed E-state index contributed by atoms with van der Waals surface area (Å²) in [5, 5.41) is 4.89. The van der Waals surface area contributed by atoms with Gasteiger partial charge in [0.1, 0.15) is 0 Å². The summed E-state index contributed by atoms with van der Waals surface area (Å²) in [4.78, 5) is 8.75. The van der Waals surface area contributed by atoms with Crippen molar-refractivity contribution in [3.8, 4) is 0 Å². The molecule has 0 saturated heterocycles. The SMILES string of the molecule is CCCN(CCCCCCNC12CC3CC(C)(CC(C)(C3)C1)C2)[C@H]1CCc2nc(N)sc2C1. The van der Waals surface area contributed by atoms with Crippen molar-refractivity contribution in [1.29, 1.82) is 0 Å². The minimum atomic E-state index is 0.473. The molecule has 4 nitrogen and oxygen atoms in total. The molecule has 1 aromatic rings. The Morgan fingerprint density at radius 2 is 1.79 bits per heavy atom. The summed E-state index contributed by atoms with van der Waals surface area (Å²) in [6.45, 7) is 11.2. The van der Waals surface area contributed by atoms with Crippen molar-refractivity contribution in [2.75, 3.05) is 25.4 Å². The molecular formula is C28H48N4S. The summed E-state index contributed by atoms with van der Waals surface area (Å²) < 4.78 is 0. The summed E-state index contributed by atoms with van der Waals surface area (Å²) in [7, 11) is 0. The minimum Gasteiger partial charge on any atom is -0.375 e. The fourth-order valence-corrected chi connectivity index (χ4v) is 10.2. The zero-order chi connectivity index (χ0) is 23.1. The van der Waals surface area contributed by atoms with Crippen LogP contribution >= 0.6 is 11.3 Å². The van der Waals surface area contributed by atoms with E-state index in [4.69, 9.17) is 5.73 Å². The van der Waals surface area contributed by atoms with Crippen LogP contribution in [-0.4, -0.2) is 41.1 Å². The van der Waals surface area contributed by atoms with Crippen molar-refractivity contribution in [2.24, 2.45) is 16.7 Å². The molecule has 0 spiro atoms. The highest BCUT2D eigenvalue weighted by Gasteiger charge is 2.59. The fourth-order valence-electron chi connectivity index (χ4n) is 9.25. The number of aromatic nitrogens is 1. The van der Waals surface area contributed by atoms with Gasteiger partial charge in [0.05, 0.1) is 5.69 Å². The standard InChI is InChI=1S/C28H48N4S/c1-4-12-32(22-9-10-23-24(14-22)33-25(29)31-23)13-8-6-5-7-11-30-28-17-21-15-26(2,19-28)18-27(3,16-21)20-28/h21-22,30H,4-20H2,1-3H3,(H2,29,31)/t21?,22-,26?,27?,28?/m0/s1. The molecule has 33 heavy (non-hydrogen) atoms. The molecule has 2 unspecified atom stereocenters. The van der Waals surface area contributed by atoms with Gasteiger partial charge in [0.2, 0.25) is 0 Å². The van der Waals surface area contributed by atoms with Gasteiger partial charge in [0, 0.05) is 16.5 Å². The highest BCUT2D eigenvalue weighted by molar-refractivity contribution is 7.15. The number of unbranched alkanes of at least 4 members (excludes halogenated alkanes) is 3. The predicted molar refractivity (Wildman–Crippen MR) is 141 cm³/mol. The van der Waals surface area contributed by atoms with Crippen LogP contribution in [-0.2, 0) is 12.8 Å². The largest absolute Gasteiger partial charge is 0.375 e. The molecule has 4 fully saturated rings. The third-order valence-corrected chi connectivity index (χ3v) is 10.4. The normalized spacial score (nSPS) is 37.1. The maximum atomic E-state index is 5.96. The number of fused-ring (bicyclic) bond motifs is 1. The molecule has 3 atom stereocenters. The molecule has 5 aliphatic carbocycles. The predicted octanol–water partition coefficient (Wildman–Crippen LogP) is 6.19. The van der Waals surface area contributed by atoms with E-state index in [9.17, 15) is 0 Å². The second kappa shape index (κ2) is 9.43. The maximum absolute atomic E-state index is 5.96. The average Bonchev–Trinajstić information content (AvgIpc) is 3.08. The van der Waals surface area contributed by atoms with Crippen molar-refractivity contribution in [2.45, 2.75) is 122 Å². The smallest absolute Gasteiger partial charge is 0.180 e. The number of thiazole rings is 1. The molecule has 0 radical (unpaired) electrons. The van der Waals surface area contributed by atoms with Gasteiger partial charge in [0.15, 0.2) is 5.13 Å². The van der Waals surface area contributed by atoms with Crippen LogP contribution in [0.25, 0.3) is 0 Å². The van der Waals surface area contributed by atoms with E-state index in [1.165, 1.54) is 107 Å². The Kier molecular flexibility index (Phi) is 6.87. The van der Waals surface area contributed by atoms with Crippen LogP contribution in [0.1, 0.15) is 108 Å². The molecule has 0 aromatic carbocycles. The molecule has 1 heterocycles. The molecule has 0 aliphatic heterocycles. The van der Waals surface area contributed by atoms with E-state index >= 15 is 0 Å². The third-order valence-electron chi connectivity index (χ3n) is 9.46.